The molecule has 1 aromatic heterocycles. The van der Waals surface area contributed by atoms with Gasteiger partial charge in [0.05, 0.1) is 11.0 Å². The minimum absolute atomic E-state index is 0.880. The summed E-state index contributed by atoms with van der Waals surface area (Å²) in [5.74, 6) is 6.15. The lowest BCUT2D eigenvalue weighted by Crippen LogP contribution is -1.93. The number of para-hydroxylation sites is 2. The van der Waals surface area contributed by atoms with Gasteiger partial charge in [0, 0.05) is 22.9 Å². The van der Waals surface area contributed by atoms with Crippen LogP contribution in [0.4, 0.5) is 0 Å². The standard InChI is InChI=1S/C21H19N.C2H6/c1-3-5-6-7-12-17(4-2)22-20-15-10-8-13-18(20)19-14-9-11-16-21(19)22;1-2/h4,7-16H,3H2,1-2H3;1-2H3/b12-7-,17-4+;. The fourth-order valence-corrected chi connectivity index (χ4v) is 2.79. The molecule has 1 nitrogen and oxygen atoms in total. The predicted molar refractivity (Wildman–Crippen MR) is 108 cm³/mol. The number of allylic oxidation sites excluding steroid dienone is 4. The van der Waals surface area contributed by atoms with Crippen molar-refractivity contribution in [3.8, 4) is 11.8 Å². The molecule has 0 saturated heterocycles. The molecule has 122 valence electrons. The average molecular weight is 315 g/mol. The molecule has 1 heteroatoms. The Kier molecular flexibility index (Phi) is 6.46. The van der Waals surface area contributed by atoms with Gasteiger partial charge < -0.3 is 4.57 Å². The molecule has 0 spiro atoms. The van der Waals surface area contributed by atoms with Crippen LogP contribution in [0.15, 0.2) is 66.8 Å². The molecule has 3 rings (SSSR count). The molecule has 0 fully saturated rings. The maximum atomic E-state index is 3.07. The molecule has 0 radical (unpaired) electrons. The molecular weight excluding hydrogens is 290 g/mol. The number of rotatable bonds is 2. The van der Waals surface area contributed by atoms with Crippen LogP contribution >= 0.6 is 0 Å². The van der Waals surface area contributed by atoms with Gasteiger partial charge in [0.15, 0.2) is 0 Å². The lowest BCUT2D eigenvalue weighted by molar-refractivity contribution is 1.23. The van der Waals surface area contributed by atoms with Gasteiger partial charge in [-0.2, -0.15) is 0 Å². The third kappa shape index (κ3) is 3.44. The van der Waals surface area contributed by atoms with Crippen molar-refractivity contribution in [2.75, 3.05) is 0 Å². The summed E-state index contributed by atoms with van der Waals surface area (Å²) in [4.78, 5) is 0. The molecule has 3 aromatic rings. The van der Waals surface area contributed by atoms with Crippen LogP contribution in [0.5, 0.6) is 0 Å². The first-order valence-corrected chi connectivity index (χ1v) is 8.66. The van der Waals surface area contributed by atoms with Crippen LogP contribution in [0.2, 0.25) is 0 Å². The average Bonchev–Trinajstić information content (AvgIpc) is 2.98. The van der Waals surface area contributed by atoms with Gasteiger partial charge in [-0.15, -0.1) is 0 Å². The number of benzene rings is 2. The highest BCUT2D eigenvalue weighted by Crippen LogP contribution is 2.31. The smallest absolute Gasteiger partial charge is 0.0540 e. The Morgan fingerprint density at radius 3 is 2.00 bits per heavy atom. The van der Waals surface area contributed by atoms with Crippen molar-refractivity contribution in [3.63, 3.8) is 0 Å². The zero-order chi connectivity index (χ0) is 17.4. The molecule has 1 heterocycles. The Balaban J connectivity index is 0.00000100. The van der Waals surface area contributed by atoms with Gasteiger partial charge in [-0.1, -0.05) is 75.1 Å². The zero-order valence-electron chi connectivity index (χ0n) is 15.0. The minimum Gasteiger partial charge on any atom is -0.310 e. The van der Waals surface area contributed by atoms with Gasteiger partial charge in [-0.25, -0.2) is 0 Å². The summed E-state index contributed by atoms with van der Waals surface area (Å²) in [7, 11) is 0. The summed E-state index contributed by atoms with van der Waals surface area (Å²) >= 11 is 0. The molecule has 0 bridgehead atoms. The van der Waals surface area contributed by atoms with E-state index >= 15 is 0 Å². The summed E-state index contributed by atoms with van der Waals surface area (Å²) in [6.07, 6.45) is 7.03. The predicted octanol–water partition coefficient (Wildman–Crippen LogP) is 6.65. The van der Waals surface area contributed by atoms with Crippen molar-refractivity contribution >= 4 is 27.5 Å². The van der Waals surface area contributed by atoms with Crippen LogP contribution in [0, 0.1) is 11.8 Å². The maximum Gasteiger partial charge on any atom is 0.0540 e. The van der Waals surface area contributed by atoms with Crippen LogP contribution in [0.3, 0.4) is 0 Å². The minimum atomic E-state index is 0.880. The molecule has 0 amide bonds. The van der Waals surface area contributed by atoms with E-state index in [1.165, 1.54) is 21.8 Å². The highest BCUT2D eigenvalue weighted by molar-refractivity contribution is 6.10. The van der Waals surface area contributed by atoms with E-state index < -0.39 is 0 Å². The van der Waals surface area contributed by atoms with E-state index in [-0.39, 0.29) is 0 Å². The Bertz CT molecular complexity index is 873. The fourth-order valence-electron chi connectivity index (χ4n) is 2.79. The highest BCUT2D eigenvalue weighted by Gasteiger charge is 2.10. The summed E-state index contributed by atoms with van der Waals surface area (Å²) in [5, 5.41) is 2.57. The van der Waals surface area contributed by atoms with E-state index in [2.05, 4.69) is 90.9 Å². The van der Waals surface area contributed by atoms with Gasteiger partial charge >= 0.3 is 0 Å². The van der Waals surface area contributed by atoms with Crippen molar-refractivity contribution in [2.45, 2.75) is 34.1 Å². The van der Waals surface area contributed by atoms with Crippen molar-refractivity contribution in [3.05, 3.63) is 66.8 Å². The molecule has 2 aromatic carbocycles. The van der Waals surface area contributed by atoms with Crippen molar-refractivity contribution in [1.82, 2.24) is 4.57 Å². The SMILES string of the molecule is C/C=C(\C=C/C#CCC)n1c2ccccc2c2ccccc21.CC. The molecule has 0 aliphatic heterocycles. The first-order chi connectivity index (χ1) is 11.9. The lowest BCUT2D eigenvalue weighted by atomic mass is 10.2. The van der Waals surface area contributed by atoms with Crippen LogP contribution in [0.1, 0.15) is 34.1 Å². The third-order valence-electron chi connectivity index (χ3n) is 3.75. The van der Waals surface area contributed by atoms with Gasteiger partial charge in [0.25, 0.3) is 0 Å². The Hall–Kier alpha value is -2.72. The van der Waals surface area contributed by atoms with Gasteiger partial charge in [-0.05, 0) is 31.2 Å². The van der Waals surface area contributed by atoms with Crippen LogP contribution in [-0.2, 0) is 0 Å². The lowest BCUT2D eigenvalue weighted by Gasteiger charge is -2.07. The number of hydrogen-bond donors (Lipinski definition) is 0. The van der Waals surface area contributed by atoms with Crippen molar-refractivity contribution in [2.24, 2.45) is 0 Å². The number of aromatic nitrogens is 1. The Morgan fingerprint density at radius 2 is 1.50 bits per heavy atom. The molecule has 0 unspecified atom stereocenters. The monoisotopic (exact) mass is 315 g/mol. The van der Waals surface area contributed by atoms with Crippen molar-refractivity contribution in [1.29, 1.82) is 0 Å². The number of nitrogens with zero attached hydrogens (tertiary/aromatic N) is 1. The third-order valence-corrected chi connectivity index (χ3v) is 3.75. The Labute approximate surface area is 145 Å². The number of hydrogen-bond acceptors (Lipinski definition) is 0. The summed E-state index contributed by atoms with van der Waals surface area (Å²) < 4.78 is 2.30. The van der Waals surface area contributed by atoms with Gasteiger partial charge in [0.1, 0.15) is 0 Å². The first kappa shape index (κ1) is 17.6. The second-order valence-corrected chi connectivity index (χ2v) is 5.09. The molecule has 0 aliphatic rings. The van der Waals surface area contributed by atoms with E-state index in [4.69, 9.17) is 0 Å². The van der Waals surface area contributed by atoms with Crippen LogP contribution in [-0.4, -0.2) is 4.57 Å². The molecule has 24 heavy (non-hydrogen) atoms. The van der Waals surface area contributed by atoms with Crippen molar-refractivity contribution < 1.29 is 0 Å². The molecule has 0 N–H and O–H groups in total. The quantitative estimate of drug-likeness (QED) is 0.368. The van der Waals surface area contributed by atoms with Crippen LogP contribution in [0.25, 0.3) is 27.5 Å². The molecular formula is C23H25N. The summed E-state index contributed by atoms with van der Waals surface area (Å²) in [5.41, 5.74) is 3.60. The topological polar surface area (TPSA) is 4.93 Å². The van der Waals surface area contributed by atoms with E-state index in [1.807, 2.05) is 19.9 Å². The normalized spacial score (nSPS) is 11.2. The second-order valence-electron chi connectivity index (χ2n) is 5.09. The van der Waals surface area contributed by atoms with E-state index in [0.29, 0.717) is 0 Å². The summed E-state index contributed by atoms with van der Waals surface area (Å²) in [6.45, 7) is 8.13. The number of fused-ring (bicyclic) bond motifs is 3. The van der Waals surface area contributed by atoms with E-state index in [9.17, 15) is 0 Å². The Morgan fingerprint density at radius 1 is 0.958 bits per heavy atom. The van der Waals surface area contributed by atoms with Gasteiger partial charge in [0.2, 0.25) is 0 Å². The molecule has 0 saturated carbocycles. The molecule has 0 atom stereocenters. The summed E-state index contributed by atoms with van der Waals surface area (Å²) in [6, 6.07) is 17.1. The maximum absolute atomic E-state index is 3.07. The van der Waals surface area contributed by atoms with E-state index in [1.54, 1.807) is 0 Å². The highest BCUT2D eigenvalue weighted by atomic mass is 15.0. The molecule has 0 aliphatic carbocycles. The van der Waals surface area contributed by atoms with Crippen LogP contribution < -0.4 is 0 Å². The zero-order valence-corrected chi connectivity index (χ0v) is 15.0. The fraction of sp³-hybridized carbons (Fsp3) is 0.217. The largest absolute Gasteiger partial charge is 0.310 e. The van der Waals surface area contributed by atoms with Gasteiger partial charge in [-0.3, -0.25) is 0 Å². The van der Waals surface area contributed by atoms with E-state index in [0.717, 1.165) is 12.1 Å². The second kappa shape index (κ2) is 8.79. The first-order valence-electron chi connectivity index (χ1n) is 8.66.